The number of carbonyl (C=O) groups is 1. The maximum absolute atomic E-state index is 12.8. The summed E-state index contributed by atoms with van der Waals surface area (Å²) in [5.74, 6) is -1.56. The fourth-order valence-corrected chi connectivity index (χ4v) is 1.69. The Labute approximate surface area is 105 Å². The van der Waals surface area contributed by atoms with E-state index >= 15 is 0 Å². The number of carbonyl (C=O) groups excluding carboxylic acids is 1. The van der Waals surface area contributed by atoms with E-state index in [-0.39, 0.29) is 12.1 Å². The normalized spacial score (nSPS) is 14.0. The van der Waals surface area contributed by atoms with Crippen molar-refractivity contribution in [1.82, 2.24) is 5.32 Å². The predicted molar refractivity (Wildman–Crippen MR) is 65.9 cm³/mol. The summed E-state index contributed by atoms with van der Waals surface area (Å²) >= 11 is 0. The molecule has 4 nitrogen and oxygen atoms in total. The molecule has 0 spiro atoms. The number of amides is 1. The lowest BCUT2D eigenvalue weighted by atomic mass is 10.0. The Morgan fingerprint density at radius 1 is 1.50 bits per heavy atom. The summed E-state index contributed by atoms with van der Waals surface area (Å²) in [6.45, 7) is 3.64. The molecule has 100 valence electrons. The lowest BCUT2D eigenvalue weighted by molar-refractivity contribution is 0.0469. The number of aliphatic hydroxyl groups is 1. The Hall–Kier alpha value is -1.62. The Kier molecular flexibility index (Phi) is 4.67. The molecular formula is C13H18FNO3. The standard InChI is InChI=1S/C13H18FNO3/c1-3-6-13(2,18)8-15-12(17)10-5-4-9(14)7-11(10)16/h4-5,7,16,18H,3,6,8H2,1-2H3,(H,15,17). The van der Waals surface area contributed by atoms with Crippen molar-refractivity contribution < 1.29 is 19.4 Å². The van der Waals surface area contributed by atoms with E-state index in [9.17, 15) is 19.4 Å². The number of hydrogen-bond acceptors (Lipinski definition) is 3. The highest BCUT2D eigenvalue weighted by Gasteiger charge is 2.21. The molecule has 18 heavy (non-hydrogen) atoms. The molecule has 1 aromatic carbocycles. The molecule has 0 heterocycles. The average molecular weight is 255 g/mol. The number of phenols is 1. The molecule has 0 fully saturated rings. The number of rotatable bonds is 5. The molecule has 1 rings (SSSR count). The zero-order valence-electron chi connectivity index (χ0n) is 10.5. The Balaban J connectivity index is 2.66. The minimum absolute atomic E-state index is 0.0105. The van der Waals surface area contributed by atoms with E-state index < -0.39 is 23.1 Å². The zero-order chi connectivity index (χ0) is 13.8. The minimum Gasteiger partial charge on any atom is -0.507 e. The van der Waals surface area contributed by atoms with Gasteiger partial charge in [-0.15, -0.1) is 0 Å². The summed E-state index contributed by atoms with van der Waals surface area (Å²) in [7, 11) is 0. The molecule has 1 atom stereocenters. The molecule has 0 aliphatic carbocycles. The van der Waals surface area contributed by atoms with Crippen LogP contribution in [0.4, 0.5) is 4.39 Å². The van der Waals surface area contributed by atoms with Gasteiger partial charge in [-0.1, -0.05) is 13.3 Å². The fraction of sp³-hybridized carbons (Fsp3) is 0.462. The number of phenolic OH excluding ortho intramolecular Hbond substituents is 1. The Morgan fingerprint density at radius 2 is 2.17 bits per heavy atom. The van der Waals surface area contributed by atoms with Crippen LogP contribution in [0.15, 0.2) is 18.2 Å². The molecule has 1 amide bonds. The average Bonchev–Trinajstić information content (AvgIpc) is 2.26. The topological polar surface area (TPSA) is 69.6 Å². The number of hydrogen-bond donors (Lipinski definition) is 3. The number of benzene rings is 1. The van der Waals surface area contributed by atoms with E-state index in [1.165, 1.54) is 6.07 Å². The molecule has 0 saturated carbocycles. The predicted octanol–water partition coefficient (Wildman–Crippen LogP) is 1.81. The molecule has 0 saturated heterocycles. The first kappa shape index (κ1) is 14.4. The number of nitrogens with one attached hydrogen (secondary N) is 1. The van der Waals surface area contributed by atoms with Crippen LogP contribution in [0.1, 0.15) is 37.0 Å². The highest BCUT2D eigenvalue weighted by Crippen LogP contribution is 2.18. The summed E-state index contributed by atoms with van der Waals surface area (Å²) in [5, 5.41) is 21.8. The van der Waals surface area contributed by atoms with Crippen molar-refractivity contribution in [3.63, 3.8) is 0 Å². The SMILES string of the molecule is CCCC(C)(O)CNC(=O)c1ccc(F)cc1O. The van der Waals surface area contributed by atoms with Gasteiger partial charge in [0, 0.05) is 12.6 Å². The summed E-state index contributed by atoms with van der Waals surface area (Å²) in [6.07, 6.45) is 1.35. The minimum atomic E-state index is -0.986. The van der Waals surface area contributed by atoms with E-state index in [0.29, 0.717) is 6.42 Å². The Morgan fingerprint density at radius 3 is 2.72 bits per heavy atom. The van der Waals surface area contributed by atoms with Gasteiger partial charge in [0.25, 0.3) is 5.91 Å². The quantitative estimate of drug-likeness (QED) is 0.751. The van der Waals surface area contributed by atoms with E-state index in [1.807, 2.05) is 6.92 Å². The molecular weight excluding hydrogens is 237 g/mol. The maximum Gasteiger partial charge on any atom is 0.255 e. The monoisotopic (exact) mass is 255 g/mol. The molecule has 1 unspecified atom stereocenters. The molecule has 0 aliphatic rings. The first-order valence-electron chi connectivity index (χ1n) is 5.85. The first-order valence-corrected chi connectivity index (χ1v) is 5.85. The third-order valence-corrected chi connectivity index (χ3v) is 2.62. The van der Waals surface area contributed by atoms with Crippen molar-refractivity contribution in [2.45, 2.75) is 32.3 Å². The van der Waals surface area contributed by atoms with Crippen LogP contribution in [0.5, 0.6) is 5.75 Å². The van der Waals surface area contributed by atoms with E-state index in [1.54, 1.807) is 6.92 Å². The molecule has 3 N–H and O–H groups in total. The summed E-state index contributed by atoms with van der Waals surface area (Å²) in [4.78, 5) is 11.7. The van der Waals surface area contributed by atoms with Crippen LogP contribution in [-0.2, 0) is 0 Å². The van der Waals surface area contributed by atoms with Crippen LogP contribution in [0.2, 0.25) is 0 Å². The summed E-state index contributed by atoms with van der Waals surface area (Å²) in [5.41, 5.74) is -0.997. The van der Waals surface area contributed by atoms with Gasteiger partial charge in [0.1, 0.15) is 11.6 Å². The third kappa shape index (κ3) is 4.00. The zero-order valence-corrected chi connectivity index (χ0v) is 10.5. The van der Waals surface area contributed by atoms with Crippen molar-refractivity contribution in [2.24, 2.45) is 0 Å². The molecule has 5 heteroatoms. The maximum atomic E-state index is 12.8. The van der Waals surface area contributed by atoms with Crippen LogP contribution in [0, 0.1) is 5.82 Å². The van der Waals surface area contributed by atoms with E-state index in [4.69, 9.17) is 0 Å². The largest absolute Gasteiger partial charge is 0.507 e. The van der Waals surface area contributed by atoms with Crippen molar-refractivity contribution in [1.29, 1.82) is 0 Å². The van der Waals surface area contributed by atoms with Gasteiger partial charge in [0.05, 0.1) is 11.2 Å². The molecule has 1 aromatic rings. The van der Waals surface area contributed by atoms with Crippen molar-refractivity contribution in [3.8, 4) is 5.75 Å². The van der Waals surface area contributed by atoms with Crippen molar-refractivity contribution in [3.05, 3.63) is 29.6 Å². The van der Waals surface area contributed by atoms with Gasteiger partial charge >= 0.3 is 0 Å². The van der Waals surface area contributed by atoms with Crippen molar-refractivity contribution >= 4 is 5.91 Å². The second kappa shape index (κ2) is 5.82. The van der Waals surface area contributed by atoms with Gasteiger partial charge in [-0.2, -0.15) is 0 Å². The number of aromatic hydroxyl groups is 1. The number of halogens is 1. The third-order valence-electron chi connectivity index (χ3n) is 2.62. The van der Waals surface area contributed by atoms with Gasteiger partial charge in [-0.3, -0.25) is 4.79 Å². The van der Waals surface area contributed by atoms with Crippen LogP contribution in [-0.4, -0.2) is 28.3 Å². The molecule has 0 radical (unpaired) electrons. The van der Waals surface area contributed by atoms with Crippen LogP contribution in [0.3, 0.4) is 0 Å². The van der Waals surface area contributed by atoms with Gasteiger partial charge in [-0.25, -0.2) is 4.39 Å². The van der Waals surface area contributed by atoms with Gasteiger partial charge in [0.15, 0.2) is 0 Å². The summed E-state index contributed by atoms with van der Waals surface area (Å²) in [6, 6.07) is 3.17. The second-order valence-electron chi connectivity index (χ2n) is 4.59. The Bertz CT molecular complexity index is 432. The van der Waals surface area contributed by atoms with Crippen LogP contribution >= 0.6 is 0 Å². The lowest BCUT2D eigenvalue weighted by Gasteiger charge is -2.23. The summed E-state index contributed by atoms with van der Waals surface area (Å²) < 4.78 is 12.8. The first-order chi connectivity index (χ1) is 8.35. The highest BCUT2D eigenvalue weighted by atomic mass is 19.1. The smallest absolute Gasteiger partial charge is 0.255 e. The fourth-order valence-electron chi connectivity index (χ4n) is 1.69. The molecule has 0 aromatic heterocycles. The molecule has 0 aliphatic heterocycles. The molecule has 0 bridgehead atoms. The highest BCUT2D eigenvalue weighted by molar-refractivity contribution is 5.96. The second-order valence-corrected chi connectivity index (χ2v) is 4.59. The van der Waals surface area contributed by atoms with Crippen LogP contribution < -0.4 is 5.32 Å². The van der Waals surface area contributed by atoms with E-state index in [2.05, 4.69) is 5.32 Å². The van der Waals surface area contributed by atoms with Gasteiger partial charge < -0.3 is 15.5 Å². The van der Waals surface area contributed by atoms with Crippen molar-refractivity contribution in [2.75, 3.05) is 6.54 Å². The van der Waals surface area contributed by atoms with E-state index in [0.717, 1.165) is 18.6 Å². The van der Waals surface area contributed by atoms with Gasteiger partial charge in [0.2, 0.25) is 0 Å². The van der Waals surface area contributed by atoms with Crippen LogP contribution in [0.25, 0.3) is 0 Å². The van der Waals surface area contributed by atoms with Gasteiger partial charge in [-0.05, 0) is 25.5 Å². The lowest BCUT2D eigenvalue weighted by Crippen LogP contribution is -2.40.